The number of hydrogen-bond acceptors (Lipinski definition) is 5. The van der Waals surface area contributed by atoms with Crippen molar-refractivity contribution in [3.8, 4) is 5.88 Å². The molecule has 0 unspecified atom stereocenters. The minimum absolute atomic E-state index is 0.0360. The van der Waals surface area contributed by atoms with Crippen molar-refractivity contribution >= 4 is 5.91 Å². The monoisotopic (exact) mass is 279 g/mol. The average Bonchev–Trinajstić information content (AvgIpc) is 2.81. The van der Waals surface area contributed by atoms with Gasteiger partial charge in [-0.25, -0.2) is 4.98 Å². The van der Waals surface area contributed by atoms with Gasteiger partial charge in [0.15, 0.2) is 0 Å². The molecule has 1 N–H and O–H groups in total. The van der Waals surface area contributed by atoms with E-state index in [0.717, 1.165) is 0 Å². The molecule has 1 aliphatic heterocycles. The van der Waals surface area contributed by atoms with Crippen LogP contribution in [0.15, 0.2) is 18.3 Å². The molecular formula is C14H21N3O3. The van der Waals surface area contributed by atoms with E-state index in [1.165, 1.54) is 0 Å². The van der Waals surface area contributed by atoms with Crippen molar-refractivity contribution in [1.82, 2.24) is 14.8 Å². The molecule has 2 atom stereocenters. The maximum Gasteiger partial charge on any atom is 0.259 e. The van der Waals surface area contributed by atoms with Crippen molar-refractivity contribution in [2.75, 3.05) is 33.8 Å². The summed E-state index contributed by atoms with van der Waals surface area (Å²) in [5, 5.41) is 10.0. The second-order valence-electron chi connectivity index (χ2n) is 5.10. The van der Waals surface area contributed by atoms with Crippen LogP contribution in [0.3, 0.4) is 0 Å². The van der Waals surface area contributed by atoms with E-state index in [0.29, 0.717) is 31.1 Å². The molecule has 1 aromatic heterocycles. The topological polar surface area (TPSA) is 65.9 Å². The quantitative estimate of drug-likeness (QED) is 0.854. The minimum atomic E-state index is -0.527. The first-order valence-corrected chi connectivity index (χ1v) is 6.76. The summed E-state index contributed by atoms with van der Waals surface area (Å²) in [5.74, 6) is 0.202. The summed E-state index contributed by atoms with van der Waals surface area (Å²) in [7, 11) is 3.80. The van der Waals surface area contributed by atoms with Gasteiger partial charge in [-0.3, -0.25) is 4.79 Å². The van der Waals surface area contributed by atoms with Crippen LogP contribution in [0.4, 0.5) is 0 Å². The fraction of sp³-hybridized carbons (Fsp3) is 0.571. The largest absolute Gasteiger partial charge is 0.477 e. The molecule has 0 spiro atoms. The van der Waals surface area contributed by atoms with Gasteiger partial charge in [-0.05, 0) is 33.2 Å². The van der Waals surface area contributed by atoms with Gasteiger partial charge in [0.1, 0.15) is 5.56 Å². The van der Waals surface area contributed by atoms with Crippen LogP contribution in [-0.2, 0) is 0 Å². The average molecular weight is 279 g/mol. The van der Waals surface area contributed by atoms with Crippen molar-refractivity contribution in [1.29, 1.82) is 0 Å². The molecule has 1 aliphatic rings. The summed E-state index contributed by atoms with van der Waals surface area (Å²) in [6.07, 6.45) is 1.07. The number of carbonyl (C=O) groups excluding carboxylic acids is 1. The molecule has 1 amide bonds. The molecule has 0 radical (unpaired) electrons. The molecule has 0 saturated carbocycles. The van der Waals surface area contributed by atoms with E-state index in [1.54, 1.807) is 23.2 Å². The number of pyridine rings is 1. The molecule has 2 rings (SSSR count). The van der Waals surface area contributed by atoms with Crippen LogP contribution in [-0.4, -0.2) is 71.7 Å². The number of aromatic nitrogens is 1. The summed E-state index contributed by atoms with van der Waals surface area (Å²) in [4.78, 5) is 20.2. The van der Waals surface area contributed by atoms with Crippen LogP contribution in [0.25, 0.3) is 0 Å². The van der Waals surface area contributed by atoms with Crippen molar-refractivity contribution in [2.24, 2.45) is 0 Å². The maximum absolute atomic E-state index is 12.5. The van der Waals surface area contributed by atoms with Crippen molar-refractivity contribution < 1.29 is 14.6 Å². The molecule has 0 aromatic carbocycles. The highest BCUT2D eigenvalue weighted by atomic mass is 16.5. The molecule has 110 valence electrons. The lowest BCUT2D eigenvalue weighted by Crippen LogP contribution is -2.38. The maximum atomic E-state index is 12.5. The SMILES string of the molecule is CCOc1ncccc1C(=O)N1C[C@@H](O)[C@H](N(C)C)C1. The van der Waals surface area contributed by atoms with Crippen LogP contribution in [0.2, 0.25) is 0 Å². The molecule has 0 bridgehead atoms. The zero-order chi connectivity index (χ0) is 14.7. The smallest absolute Gasteiger partial charge is 0.259 e. The summed E-state index contributed by atoms with van der Waals surface area (Å²) >= 11 is 0. The van der Waals surface area contributed by atoms with Gasteiger partial charge >= 0.3 is 0 Å². The summed E-state index contributed by atoms with van der Waals surface area (Å²) < 4.78 is 5.39. The van der Waals surface area contributed by atoms with E-state index in [9.17, 15) is 9.90 Å². The lowest BCUT2D eigenvalue weighted by Gasteiger charge is -2.21. The first-order valence-electron chi connectivity index (χ1n) is 6.76. The number of ether oxygens (including phenoxy) is 1. The summed E-state index contributed by atoms with van der Waals surface area (Å²) in [6.45, 7) is 3.15. The molecule has 1 fully saturated rings. The van der Waals surface area contributed by atoms with Gasteiger partial charge in [-0.15, -0.1) is 0 Å². The molecule has 6 heteroatoms. The Hall–Kier alpha value is -1.66. The Morgan fingerprint density at radius 2 is 2.30 bits per heavy atom. The van der Waals surface area contributed by atoms with Crippen LogP contribution >= 0.6 is 0 Å². The summed E-state index contributed by atoms with van der Waals surface area (Å²) in [6, 6.07) is 3.38. The number of likely N-dealkylation sites (N-methyl/N-ethyl adjacent to an activating group) is 1. The highest BCUT2D eigenvalue weighted by molar-refractivity contribution is 5.96. The Morgan fingerprint density at radius 1 is 1.55 bits per heavy atom. The van der Waals surface area contributed by atoms with E-state index < -0.39 is 6.10 Å². The van der Waals surface area contributed by atoms with Crippen molar-refractivity contribution in [3.05, 3.63) is 23.9 Å². The predicted octanol–water partition coefficient (Wildman–Crippen LogP) is 0.227. The fourth-order valence-corrected chi connectivity index (χ4v) is 2.42. The summed E-state index contributed by atoms with van der Waals surface area (Å²) in [5.41, 5.74) is 0.445. The number of rotatable bonds is 4. The van der Waals surface area contributed by atoms with Gasteiger partial charge in [0, 0.05) is 19.3 Å². The van der Waals surface area contributed by atoms with Gasteiger partial charge in [0.25, 0.3) is 5.91 Å². The number of amides is 1. The Labute approximate surface area is 119 Å². The normalized spacial score (nSPS) is 22.4. The van der Waals surface area contributed by atoms with Gasteiger partial charge in [-0.2, -0.15) is 0 Å². The highest BCUT2D eigenvalue weighted by Crippen LogP contribution is 2.21. The third-order valence-electron chi connectivity index (χ3n) is 3.49. The second-order valence-corrected chi connectivity index (χ2v) is 5.10. The number of hydrogen-bond donors (Lipinski definition) is 1. The molecule has 0 aliphatic carbocycles. The number of aliphatic hydroxyl groups is 1. The molecule has 1 aromatic rings. The highest BCUT2D eigenvalue weighted by Gasteiger charge is 2.36. The number of nitrogens with zero attached hydrogens (tertiary/aromatic N) is 3. The minimum Gasteiger partial charge on any atom is -0.477 e. The first-order chi connectivity index (χ1) is 9.54. The van der Waals surface area contributed by atoms with Crippen LogP contribution < -0.4 is 4.74 Å². The van der Waals surface area contributed by atoms with Gasteiger partial charge < -0.3 is 19.6 Å². The van der Waals surface area contributed by atoms with Crippen molar-refractivity contribution in [3.63, 3.8) is 0 Å². The fourth-order valence-electron chi connectivity index (χ4n) is 2.42. The number of likely N-dealkylation sites (tertiary alicyclic amines) is 1. The van der Waals surface area contributed by atoms with E-state index >= 15 is 0 Å². The zero-order valence-electron chi connectivity index (χ0n) is 12.1. The number of aliphatic hydroxyl groups excluding tert-OH is 1. The Balaban J connectivity index is 2.17. The standard InChI is InChI=1S/C14H21N3O3/c1-4-20-13-10(6-5-7-15-13)14(19)17-8-11(16(2)3)12(18)9-17/h5-7,11-12,18H,4,8-9H2,1-3H3/t11-,12-/m1/s1. The van der Waals surface area contributed by atoms with E-state index in [4.69, 9.17) is 4.74 Å². The predicted molar refractivity (Wildman–Crippen MR) is 74.8 cm³/mol. The van der Waals surface area contributed by atoms with Gasteiger partial charge in [0.2, 0.25) is 5.88 Å². The van der Waals surface area contributed by atoms with Gasteiger partial charge in [0.05, 0.1) is 18.8 Å². The molecule has 20 heavy (non-hydrogen) atoms. The van der Waals surface area contributed by atoms with Crippen LogP contribution in [0, 0.1) is 0 Å². The Bertz CT molecular complexity index is 478. The number of β-amino-alcohol motifs (C(OH)–C–C–N with tert-alkyl or cyclic N) is 1. The van der Waals surface area contributed by atoms with E-state index in [-0.39, 0.29) is 11.9 Å². The molecular weight excluding hydrogens is 258 g/mol. The zero-order valence-corrected chi connectivity index (χ0v) is 12.1. The van der Waals surface area contributed by atoms with E-state index in [1.807, 2.05) is 25.9 Å². The molecule has 1 saturated heterocycles. The first kappa shape index (κ1) is 14.7. The number of carbonyl (C=O) groups is 1. The third kappa shape index (κ3) is 2.91. The third-order valence-corrected chi connectivity index (χ3v) is 3.49. The van der Waals surface area contributed by atoms with Crippen LogP contribution in [0.5, 0.6) is 5.88 Å². The van der Waals surface area contributed by atoms with E-state index in [2.05, 4.69) is 4.98 Å². The Morgan fingerprint density at radius 3 is 2.90 bits per heavy atom. The lowest BCUT2D eigenvalue weighted by atomic mass is 10.2. The van der Waals surface area contributed by atoms with Gasteiger partial charge in [-0.1, -0.05) is 0 Å². The lowest BCUT2D eigenvalue weighted by molar-refractivity contribution is 0.0759. The molecule has 6 nitrogen and oxygen atoms in total. The Kier molecular flexibility index (Phi) is 4.57. The molecule has 2 heterocycles. The van der Waals surface area contributed by atoms with Crippen molar-refractivity contribution in [2.45, 2.75) is 19.1 Å². The second kappa shape index (κ2) is 6.19. The van der Waals surface area contributed by atoms with Crippen LogP contribution in [0.1, 0.15) is 17.3 Å².